The Morgan fingerprint density at radius 2 is 0.722 bits per heavy atom. The maximum atomic E-state index is 5.62. The Bertz CT molecular complexity index is 200. The number of hydrogen-bond acceptors (Lipinski definition) is 0. The molecule has 1 nitrogen and oxygen atoms in total. The van der Waals surface area contributed by atoms with Crippen molar-refractivity contribution >= 4 is 16.5 Å². The molecule has 0 bridgehead atoms. The summed E-state index contributed by atoms with van der Waals surface area (Å²) in [6.07, 6.45) is 0. The van der Waals surface area contributed by atoms with Gasteiger partial charge in [0.05, 0.1) is 0 Å². The molecule has 0 radical (unpaired) electrons. The van der Waals surface area contributed by atoms with Crippen LogP contribution in [0.2, 0.25) is 35.3 Å². The summed E-state index contributed by atoms with van der Waals surface area (Å²) in [6, 6.07) is 0. The molecule has 104 valence electrons. The summed E-state index contributed by atoms with van der Waals surface area (Å²) in [5, 5.41) is 0. The Labute approximate surface area is 161 Å². The van der Waals surface area contributed by atoms with Gasteiger partial charge in [0.2, 0.25) is 0 Å². The maximum absolute atomic E-state index is 5.62. The summed E-state index contributed by atoms with van der Waals surface area (Å²) in [5.41, 5.74) is 3.03. The van der Waals surface area contributed by atoms with Gasteiger partial charge in [-0.05, 0) is 0 Å². The van der Waals surface area contributed by atoms with E-state index in [0.717, 1.165) is 22.2 Å². The van der Waals surface area contributed by atoms with E-state index in [4.69, 9.17) is 4.65 Å². The second-order valence-corrected chi connectivity index (χ2v) is 17.6. The standard InChI is InChI=1S/C14H34NSi2.K/c1-11(2)16(9,12(3)4)15-17(10,13(5)6)14(7)8;/h11-14H,1-10H3;/q-1;+1. The fourth-order valence-electron chi connectivity index (χ4n) is 2.37. The fraction of sp³-hybridized carbons (Fsp3) is 1.00. The van der Waals surface area contributed by atoms with Crippen LogP contribution in [0.4, 0.5) is 0 Å². The third kappa shape index (κ3) is 5.10. The van der Waals surface area contributed by atoms with Crippen LogP contribution in [0.15, 0.2) is 0 Å². The fourth-order valence-corrected chi connectivity index (χ4v) is 13.3. The smallest absolute Gasteiger partial charge is 0.666 e. The Morgan fingerprint density at radius 3 is 0.833 bits per heavy atom. The Morgan fingerprint density at radius 1 is 0.556 bits per heavy atom. The van der Waals surface area contributed by atoms with E-state index in [-0.39, 0.29) is 51.4 Å². The van der Waals surface area contributed by atoms with Crippen LogP contribution in [-0.4, -0.2) is 16.5 Å². The van der Waals surface area contributed by atoms with Crippen molar-refractivity contribution in [1.29, 1.82) is 0 Å². The van der Waals surface area contributed by atoms with E-state index in [1.807, 2.05) is 0 Å². The van der Waals surface area contributed by atoms with Crippen LogP contribution in [0.3, 0.4) is 0 Å². The van der Waals surface area contributed by atoms with Gasteiger partial charge in [-0.15, -0.1) is 0 Å². The normalized spacial score (nSPS) is 13.7. The van der Waals surface area contributed by atoms with E-state index >= 15 is 0 Å². The Balaban J connectivity index is 0. The van der Waals surface area contributed by atoms with Crippen molar-refractivity contribution in [2.45, 2.75) is 90.6 Å². The zero-order valence-electron chi connectivity index (χ0n) is 14.8. The summed E-state index contributed by atoms with van der Waals surface area (Å²) in [7, 11) is -2.96. The van der Waals surface area contributed by atoms with E-state index in [2.05, 4.69) is 68.5 Å². The number of rotatable bonds is 6. The van der Waals surface area contributed by atoms with Gasteiger partial charge in [0.15, 0.2) is 0 Å². The molecule has 0 fully saturated rings. The summed E-state index contributed by atoms with van der Waals surface area (Å²) >= 11 is 0. The van der Waals surface area contributed by atoms with Crippen LogP contribution in [0.5, 0.6) is 0 Å². The van der Waals surface area contributed by atoms with Gasteiger partial charge in [0.25, 0.3) is 0 Å². The van der Waals surface area contributed by atoms with E-state index in [1.54, 1.807) is 0 Å². The Hall–Kier alpha value is 2.03. The first-order valence-electron chi connectivity index (χ1n) is 7.22. The van der Waals surface area contributed by atoms with Crippen LogP contribution in [0.25, 0.3) is 4.65 Å². The van der Waals surface area contributed by atoms with Crippen LogP contribution < -0.4 is 51.4 Å². The summed E-state index contributed by atoms with van der Waals surface area (Å²) < 4.78 is 5.62. The van der Waals surface area contributed by atoms with Gasteiger partial charge in [-0.3, -0.25) is 0 Å². The molecule has 0 unspecified atom stereocenters. The van der Waals surface area contributed by atoms with Gasteiger partial charge in [-0.1, -0.05) is 107 Å². The summed E-state index contributed by atoms with van der Waals surface area (Å²) in [5.74, 6) is 0. The Kier molecular flexibility index (Phi) is 10.5. The van der Waals surface area contributed by atoms with Gasteiger partial charge in [0, 0.05) is 0 Å². The molecule has 0 aromatic carbocycles. The van der Waals surface area contributed by atoms with E-state index in [0.29, 0.717) is 0 Å². The molecule has 0 aliphatic rings. The number of nitrogens with zero attached hydrogens (tertiary/aromatic N) is 1. The molecular weight excluding hydrogens is 277 g/mol. The van der Waals surface area contributed by atoms with Crippen molar-refractivity contribution in [3.05, 3.63) is 4.65 Å². The first-order chi connectivity index (χ1) is 7.48. The van der Waals surface area contributed by atoms with Crippen LogP contribution >= 0.6 is 0 Å². The maximum Gasteiger partial charge on any atom is 1.00 e. The van der Waals surface area contributed by atoms with Crippen molar-refractivity contribution in [3.8, 4) is 0 Å². The van der Waals surface area contributed by atoms with E-state index < -0.39 is 16.5 Å². The zero-order valence-corrected chi connectivity index (χ0v) is 19.9. The second-order valence-electron chi connectivity index (χ2n) is 7.18. The molecular formula is C14H34KNSi2. The minimum absolute atomic E-state index is 0. The van der Waals surface area contributed by atoms with Gasteiger partial charge < -0.3 is 4.65 Å². The van der Waals surface area contributed by atoms with E-state index in [9.17, 15) is 0 Å². The predicted octanol–water partition coefficient (Wildman–Crippen LogP) is 3.15. The summed E-state index contributed by atoms with van der Waals surface area (Å²) in [4.78, 5) is 0. The second kappa shape index (κ2) is 8.47. The predicted molar refractivity (Wildman–Crippen MR) is 87.0 cm³/mol. The van der Waals surface area contributed by atoms with Crippen molar-refractivity contribution in [2.75, 3.05) is 0 Å². The number of hydrogen-bond donors (Lipinski definition) is 0. The third-order valence-corrected chi connectivity index (χ3v) is 18.4. The first kappa shape index (κ1) is 22.3. The molecule has 0 N–H and O–H groups in total. The van der Waals surface area contributed by atoms with Crippen molar-refractivity contribution < 1.29 is 51.4 Å². The minimum Gasteiger partial charge on any atom is -0.666 e. The summed E-state index contributed by atoms with van der Waals surface area (Å²) in [6.45, 7) is 24.0. The largest absolute Gasteiger partial charge is 1.00 e. The van der Waals surface area contributed by atoms with Crippen molar-refractivity contribution in [2.24, 2.45) is 0 Å². The average Bonchev–Trinajstić information content (AvgIpc) is 2.15. The van der Waals surface area contributed by atoms with Gasteiger partial charge in [-0.25, -0.2) is 0 Å². The van der Waals surface area contributed by atoms with Crippen molar-refractivity contribution in [3.63, 3.8) is 0 Å². The topological polar surface area (TPSA) is 14.1 Å². The molecule has 0 aromatic heterocycles. The first-order valence-corrected chi connectivity index (χ1v) is 12.4. The molecule has 0 amide bonds. The molecule has 0 aliphatic carbocycles. The molecule has 0 aromatic rings. The van der Waals surface area contributed by atoms with Crippen molar-refractivity contribution in [1.82, 2.24) is 0 Å². The van der Waals surface area contributed by atoms with E-state index in [1.165, 1.54) is 0 Å². The molecule has 0 saturated carbocycles. The average molecular weight is 312 g/mol. The van der Waals surface area contributed by atoms with Crippen LogP contribution in [0.1, 0.15) is 55.4 Å². The van der Waals surface area contributed by atoms with Gasteiger partial charge in [0.1, 0.15) is 0 Å². The van der Waals surface area contributed by atoms with Crippen LogP contribution in [0, 0.1) is 0 Å². The SMILES string of the molecule is CC(C)[Si](C)([N-][Si](C)(C(C)C)C(C)C)C(C)C.[K+]. The molecule has 0 rings (SSSR count). The molecule has 0 atom stereocenters. The van der Waals surface area contributed by atoms with Gasteiger partial charge >= 0.3 is 51.4 Å². The molecule has 0 heterocycles. The third-order valence-electron chi connectivity index (χ3n) is 5.16. The molecule has 4 heteroatoms. The van der Waals surface area contributed by atoms with Crippen LogP contribution in [-0.2, 0) is 0 Å². The zero-order chi connectivity index (χ0) is 14.0. The molecule has 0 aliphatic heterocycles. The molecule has 0 saturated heterocycles. The minimum atomic E-state index is -1.48. The molecule has 0 spiro atoms. The van der Waals surface area contributed by atoms with Gasteiger partial charge in [-0.2, -0.15) is 0 Å². The quantitative estimate of drug-likeness (QED) is 0.669. The monoisotopic (exact) mass is 311 g/mol. The molecule has 18 heavy (non-hydrogen) atoms.